The normalized spacial score (nSPS) is 10.4. The molecule has 2 N–H and O–H groups in total. The van der Waals surface area contributed by atoms with Crippen molar-refractivity contribution < 1.29 is 18.7 Å². The van der Waals surface area contributed by atoms with Gasteiger partial charge in [-0.1, -0.05) is 17.7 Å². The van der Waals surface area contributed by atoms with Crippen LogP contribution in [-0.4, -0.2) is 29.9 Å². The zero-order chi connectivity index (χ0) is 20.6. The van der Waals surface area contributed by atoms with E-state index in [9.17, 15) is 14.0 Å². The van der Waals surface area contributed by atoms with E-state index in [1.807, 2.05) is 31.2 Å². The van der Waals surface area contributed by atoms with E-state index in [4.69, 9.17) is 4.74 Å². The molecule has 6 nitrogen and oxygen atoms in total. The van der Waals surface area contributed by atoms with Crippen molar-refractivity contribution in [3.63, 3.8) is 0 Å². The van der Waals surface area contributed by atoms with E-state index in [0.29, 0.717) is 16.3 Å². The molecule has 8 heteroatoms. The fourth-order valence-electron chi connectivity index (χ4n) is 2.41. The number of ether oxygens (including phenoxy) is 1. The fourth-order valence-corrected chi connectivity index (χ4v) is 3.09. The van der Waals surface area contributed by atoms with Crippen LogP contribution in [0, 0.1) is 12.7 Å². The van der Waals surface area contributed by atoms with Gasteiger partial charge >= 0.3 is 0 Å². The number of aromatic nitrogens is 1. The van der Waals surface area contributed by atoms with Crippen LogP contribution >= 0.6 is 11.3 Å². The van der Waals surface area contributed by atoms with Crippen molar-refractivity contribution in [1.82, 2.24) is 15.6 Å². The van der Waals surface area contributed by atoms with Crippen molar-refractivity contribution in [3.8, 4) is 5.75 Å². The molecule has 1 aromatic heterocycles. The summed E-state index contributed by atoms with van der Waals surface area (Å²) in [4.78, 5) is 28.3. The van der Waals surface area contributed by atoms with Crippen molar-refractivity contribution in [2.45, 2.75) is 13.5 Å². The topological polar surface area (TPSA) is 80.3 Å². The van der Waals surface area contributed by atoms with Gasteiger partial charge in [-0.05, 0) is 43.3 Å². The van der Waals surface area contributed by atoms with E-state index >= 15 is 0 Å². The number of hydrogen-bond acceptors (Lipinski definition) is 5. The first kappa shape index (κ1) is 20.5. The van der Waals surface area contributed by atoms with Gasteiger partial charge in [0.25, 0.3) is 11.8 Å². The number of carbonyl (C=O) groups is 2. The molecular formula is C21H20FN3O3S. The number of amides is 2. The highest BCUT2D eigenvalue weighted by Gasteiger charge is 2.11. The third-order valence-electron chi connectivity index (χ3n) is 3.97. The minimum absolute atomic E-state index is 0.246. The second-order valence-electron chi connectivity index (χ2n) is 6.25. The van der Waals surface area contributed by atoms with Crippen molar-refractivity contribution in [1.29, 1.82) is 0 Å². The number of thiazole rings is 1. The van der Waals surface area contributed by atoms with Gasteiger partial charge < -0.3 is 15.4 Å². The minimum Gasteiger partial charge on any atom is -0.486 e. The largest absolute Gasteiger partial charge is 0.486 e. The lowest BCUT2D eigenvalue weighted by atomic mass is 10.2. The number of carbonyl (C=O) groups excluding carboxylic acids is 2. The first-order valence-corrected chi connectivity index (χ1v) is 9.85. The summed E-state index contributed by atoms with van der Waals surface area (Å²) in [6.07, 6.45) is 0. The Balaban J connectivity index is 1.40. The van der Waals surface area contributed by atoms with Gasteiger partial charge in [0.2, 0.25) is 0 Å². The van der Waals surface area contributed by atoms with Crippen LogP contribution in [0.1, 0.15) is 31.4 Å². The highest BCUT2D eigenvalue weighted by atomic mass is 32.1. The zero-order valence-corrected chi connectivity index (χ0v) is 16.6. The Morgan fingerprint density at radius 1 is 1.00 bits per heavy atom. The molecule has 150 valence electrons. The van der Waals surface area contributed by atoms with Crippen LogP contribution in [0.2, 0.25) is 0 Å². The van der Waals surface area contributed by atoms with E-state index in [1.165, 1.54) is 35.6 Å². The average Bonchev–Trinajstić information content (AvgIpc) is 3.20. The van der Waals surface area contributed by atoms with Crippen LogP contribution in [-0.2, 0) is 6.61 Å². The number of nitrogens with zero attached hydrogens (tertiary/aromatic N) is 1. The Labute approximate surface area is 171 Å². The van der Waals surface area contributed by atoms with Crippen LogP contribution in [0.25, 0.3) is 0 Å². The first-order valence-electron chi connectivity index (χ1n) is 8.97. The smallest absolute Gasteiger partial charge is 0.270 e. The molecule has 0 fully saturated rings. The standard InChI is InChI=1S/C21H20FN3O3S/c1-14-2-8-17(9-3-14)28-12-19-25-18(13-29-19)21(27)24-11-10-23-20(26)15-4-6-16(22)7-5-15/h2-9,13H,10-12H2,1H3,(H,23,26)(H,24,27). The summed E-state index contributed by atoms with van der Waals surface area (Å²) in [5.41, 5.74) is 1.82. The predicted octanol–water partition coefficient (Wildman–Crippen LogP) is 3.33. The van der Waals surface area contributed by atoms with E-state index in [-0.39, 0.29) is 31.5 Å². The van der Waals surface area contributed by atoms with Crippen LogP contribution < -0.4 is 15.4 Å². The third kappa shape index (κ3) is 6.11. The maximum atomic E-state index is 12.9. The summed E-state index contributed by atoms with van der Waals surface area (Å²) in [6.45, 7) is 2.78. The molecule has 0 aliphatic heterocycles. The van der Waals surface area contributed by atoms with E-state index in [1.54, 1.807) is 5.38 Å². The van der Waals surface area contributed by atoms with Crippen molar-refractivity contribution in [2.75, 3.05) is 13.1 Å². The Morgan fingerprint density at radius 3 is 2.34 bits per heavy atom. The SMILES string of the molecule is Cc1ccc(OCc2nc(C(=O)NCCNC(=O)c3ccc(F)cc3)cs2)cc1. The second kappa shape index (κ2) is 9.79. The van der Waals surface area contributed by atoms with Gasteiger partial charge in [-0.2, -0.15) is 0 Å². The van der Waals surface area contributed by atoms with E-state index < -0.39 is 5.82 Å². The van der Waals surface area contributed by atoms with Gasteiger partial charge in [-0.3, -0.25) is 9.59 Å². The summed E-state index contributed by atoms with van der Waals surface area (Å²) in [5, 5.41) is 7.72. The van der Waals surface area contributed by atoms with Crippen molar-refractivity contribution in [3.05, 3.63) is 81.6 Å². The molecule has 2 amide bonds. The molecule has 2 aromatic carbocycles. The number of halogens is 1. The zero-order valence-electron chi connectivity index (χ0n) is 15.8. The lowest BCUT2D eigenvalue weighted by Crippen LogP contribution is -2.34. The highest BCUT2D eigenvalue weighted by Crippen LogP contribution is 2.16. The molecule has 29 heavy (non-hydrogen) atoms. The Kier molecular flexibility index (Phi) is 6.91. The number of benzene rings is 2. The van der Waals surface area contributed by atoms with Crippen LogP contribution in [0.4, 0.5) is 4.39 Å². The maximum Gasteiger partial charge on any atom is 0.270 e. The van der Waals surface area contributed by atoms with E-state index in [2.05, 4.69) is 15.6 Å². The Morgan fingerprint density at radius 2 is 1.66 bits per heavy atom. The molecule has 0 saturated carbocycles. The molecule has 0 radical (unpaired) electrons. The molecule has 0 saturated heterocycles. The third-order valence-corrected chi connectivity index (χ3v) is 4.79. The van der Waals surface area contributed by atoms with Crippen LogP contribution in [0.3, 0.4) is 0 Å². The average molecular weight is 413 g/mol. The summed E-state index contributed by atoms with van der Waals surface area (Å²) in [7, 11) is 0. The first-order chi connectivity index (χ1) is 14.0. The molecule has 1 heterocycles. The quantitative estimate of drug-likeness (QED) is 0.555. The Hall–Kier alpha value is -3.26. The maximum absolute atomic E-state index is 12.9. The highest BCUT2D eigenvalue weighted by molar-refractivity contribution is 7.09. The van der Waals surface area contributed by atoms with Gasteiger partial charge in [0.15, 0.2) is 0 Å². The van der Waals surface area contributed by atoms with Gasteiger partial charge in [-0.15, -0.1) is 11.3 Å². The lowest BCUT2D eigenvalue weighted by molar-refractivity contribution is 0.0925. The molecule has 0 spiro atoms. The number of aryl methyl sites for hydroxylation is 1. The molecule has 0 unspecified atom stereocenters. The fraction of sp³-hybridized carbons (Fsp3) is 0.190. The minimum atomic E-state index is -0.402. The molecular weight excluding hydrogens is 393 g/mol. The molecule has 3 rings (SSSR count). The summed E-state index contributed by atoms with van der Waals surface area (Å²) in [5.74, 6) is -0.309. The van der Waals surface area contributed by atoms with Gasteiger partial charge in [-0.25, -0.2) is 9.37 Å². The lowest BCUT2D eigenvalue weighted by Gasteiger charge is -2.06. The number of hydrogen-bond donors (Lipinski definition) is 2. The summed E-state index contributed by atoms with van der Waals surface area (Å²) in [6, 6.07) is 12.9. The van der Waals surface area contributed by atoms with Gasteiger partial charge in [0, 0.05) is 24.0 Å². The van der Waals surface area contributed by atoms with E-state index in [0.717, 1.165) is 11.3 Å². The molecule has 0 atom stereocenters. The number of rotatable bonds is 8. The summed E-state index contributed by atoms with van der Waals surface area (Å²) >= 11 is 1.35. The number of nitrogens with one attached hydrogen (secondary N) is 2. The molecule has 3 aromatic rings. The van der Waals surface area contributed by atoms with Crippen LogP contribution in [0.15, 0.2) is 53.9 Å². The second-order valence-corrected chi connectivity index (χ2v) is 7.19. The molecule has 0 aliphatic rings. The van der Waals surface area contributed by atoms with Gasteiger partial charge in [0.05, 0.1) is 0 Å². The molecule has 0 aliphatic carbocycles. The Bertz CT molecular complexity index is 972. The predicted molar refractivity (Wildman–Crippen MR) is 109 cm³/mol. The van der Waals surface area contributed by atoms with Gasteiger partial charge in [0.1, 0.15) is 28.9 Å². The van der Waals surface area contributed by atoms with Crippen molar-refractivity contribution >= 4 is 23.2 Å². The monoisotopic (exact) mass is 413 g/mol. The van der Waals surface area contributed by atoms with Crippen molar-refractivity contribution in [2.24, 2.45) is 0 Å². The van der Waals surface area contributed by atoms with Crippen LogP contribution in [0.5, 0.6) is 5.75 Å². The molecule has 0 bridgehead atoms. The summed E-state index contributed by atoms with van der Waals surface area (Å²) < 4.78 is 18.5.